The molecule has 2 heterocycles. The monoisotopic (exact) mass is 467 g/mol. The standard InChI is InChI=1S/C23H25N5O4S/c1-13-5-6-16(9-14(13)2)24-21(29)11-20-26-27-23(28(20)4)33-15(3)22(30)25-17-7-8-18-19(10-17)32-12-31-18/h5-10,15H,11-12H2,1-4H3,(H,24,29)(H,25,30)/t15-/m0/s1. The van der Waals surface area contributed by atoms with Crippen molar-refractivity contribution in [1.82, 2.24) is 14.8 Å². The summed E-state index contributed by atoms with van der Waals surface area (Å²) < 4.78 is 12.4. The molecule has 0 bridgehead atoms. The SMILES string of the molecule is Cc1ccc(NC(=O)Cc2nnc(S[C@@H](C)C(=O)Nc3ccc4c(c3)OCO4)n2C)cc1C. The summed E-state index contributed by atoms with van der Waals surface area (Å²) in [5.74, 6) is 1.41. The number of fused-ring (bicyclic) bond motifs is 1. The van der Waals surface area contributed by atoms with Gasteiger partial charge in [-0.1, -0.05) is 17.8 Å². The molecule has 0 aliphatic carbocycles. The highest BCUT2D eigenvalue weighted by molar-refractivity contribution is 8.00. The lowest BCUT2D eigenvalue weighted by molar-refractivity contribution is -0.116. The van der Waals surface area contributed by atoms with Gasteiger partial charge in [0.1, 0.15) is 5.82 Å². The number of benzene rings is 2. The number of ether oxygens (including phenoxy) is 2. The second-order valence-electron chi connectivity index (χ2n) is 7.80. The maximum Gasteiger partial charge on any atom is 0.237 e. The third-order valence-corrected chi connectivity index (χ3v) is 6.46. The zero-order valence-electron chi connectivity index (χ0n) is 18.8. The molecular formula is C23H25N5O4S. The van der Waals surface area contributed by atoms with Crippen LogP contribution in [0.1, 0.15) is 23.9 Å². The summed E-state index contributed by atoms with van der Waals surface area (Å²) in [5, 5.41) is 14.2. The van der Waals surface area contributed by atoms with Crippen LogP contribution in [-0.2, 0) is 23.1 Å². The highest BCUT2D eigenvalue weighted by atomic mass is 32.2. The number of nitrogens with one attached hydrogen (secondary N) is 2. The molecule has 0 unspecified atom stereocenters. The molecule has 172 valence electrons. The van der Waals surface area contributed by atoms with Crippen LogP contribution in [0.25, 0.3) is 0 Å². The van der Waals surface area contributed by atoms with E-state index in [1.165, 1.54) is 17.3 Å². The minimum atomic E-state index is -0.435. The Morgan fingerprint density at radius 1 is 1.03 bits per heavy atom. The average molecular weight is 468 g/mol. The van der Waals surface area contributed by atoms with Crippen LogP contribution < -0.4 is 20.1 Å². The lowest BCUT2D eigenvalue weighted by Gasteiger charge is -2.12. The molecular weight excluding hydrogens is 442 g/mol. The first-order chi connectivity index (χ1) is 15.8. The Morgan fingerprint density at radius 2 is 1.76 bits per heavy atom. The summed E-state index contributed by atoms with van der Waals surface area (Å²) >= 11 is 1.27. The molecule has 1 aromatic heterocycles. The number of aryl methyl sites for hydroxylation is 2. The van der Waals surface area contributed by atoms with Crippen molar-refractivity contribution >= 4 is 35.0 Å². The van der Waals surface area contributed by atoms with Gasteiger partial charge in [-0.05, 0) is 56.2 Å². The van der Waals surface area contributed by atoms with Gasteiger partial charge in [-0.25, -0.2) is 0 Å². The first-order valence-electron chi connectivity index (χ1n) is 10.4. The molecule has 1 aliphatic rings. The third kappa shape index (κ3) is 5.28. The van der Waals surface area contributed by atoms with Crippen molar-refractivity contribution < 1.29 is 19.1 Å². The number of hydrogen-bond donors (Lipinski definition) is 2. The van der Waals surface area contributed by atoms with Crippen LogP contribution in [-0.4, -0.2) is 38.6 Å². The van der Waals surface area contributed by atoms with Crippen molar-refractivity contribution in [2.24, 2.45) is 7.05 Å². The fraction of sp³-hybridized carbons (Fsp3) is 0.304. The first kappa shape index (κ1) is 22.7. The first-order valence-corrected chi connectivity index (χ1v) is 11.3. The molecule has 0 radical (unpaired) electrons. The minimum absolute atomic E-state index is 0.0781. The maximum absolute atomic E-state index is 12.6. The number of carbonyl (C=O) groups excluding carboxylic acids is 2. The summed E-state index contributed by atoms with van der Waals surface area (Å²) in [6.07, 6.45) is 0.0781. The molecule has 0 fully saturated rings. The normalized spacial score (nSPS) is 13.0. The summed E-state index contributed by atoms with van der Waals surface area (Å²) in [7, 11) is 1.78. The third-order valence-electron chi connectivity index (χ3n) is 5.33. The highest BCUT2D eigenvalue weighted by Crippen LogP contribution is 2.34. The van der Waals surface area contributed by atoms with Gasteiger partial charge < -0.3 is 24.7 Å². The van der Waals surface area contributed by atoms with Crippen LogP contribution >= 0.6 is 11.8 Å². The van der Waals surface area contributed by atoms with E-state index in [-0.39, 0.29) is 25.0 Å². The van der Waals surface area contributed by atoms with E-state index in [9.17, 15) is 9.59 Å². The number of rotatable bonds is 7. The van der Waals surface area contributed by atoms with Gasteiger partial charge in [0.15, 0.2) is 16.7 Å². The van der Waals surface area contributed by atoms with Gasteiger partial charge in [0.25, 0.3) is 0 Å². The molecule has 10 heteroatoms. The molecule has 0 saturated carbocycles. The fourth-order valence-electron chi connectivity index (χ4n) is 3.20. The Kier molecular flexibility index (Phi) is 6.55. The number of carbonyl (C=O) groups is 2. The van der Waals surface area contributed by atoms with Crippen molar-refractivity contribution in [3.63, 3.8) is 0 Å². The average Bonchev–Trinajstić information content (AvgIpc) is 3.38. The van der Waals surface area contributed by atoms with Crippen molar-refractivity contribution in [1.29, 1.82) is 0 Å². The number of hydrogen-bond acceptors (Lipinski definition) is 7. The summed E-state index contributed by atoms with van der Waals surface area (Å²) in [6, 6.07) is 11.0. The van der Waals surface area contributed by atoms with E-state index >= 15 is 0 Å². The predicted octanol–water partition coefficient (Wildman–Crippen LogP) is 3.46. The minimum Gasteiger partial charge on any atom is -0.454 e. The zero-order valence-corrected chi connectivity index (χ0v) is 19.7. The fourth-order valence-corrected chi connectivity index (χ4v) is 4.03. The number of amides is 2. The van der Waals surface area contributed by atoms with E-state index in [1.54, 1.807) is 36.7 Å². The summed E-state index contributed by atoms with van der Waals surface area (Å²) in [5.41, 5.74) is 3.64. The van der Waals surface area contributed by atoms with E-state index in [2.05, 4.69) is 20.8 Å². The number of aromatic nitrogens is 3. The zero-order chi connectivity index (χ0) is 23.5. The Balaban J connectivity index is 1.34. The molecule has 2 N–H and O–H groups in total. The predicted molar refractivity (Wildman–Crippen MR) is 126 cm³/mol. The van der Waals surface area contributed by atoms with E-state index in [0.717, 1.165) is 11.3 Å². The molecule has 2 aromatic carbocycles. The quantitative estimate of drug-likeness (QED) is 0.513. The van der Waals surface area contributed by atoms with Gasteiger partial charge in [-0.15, -0.1) is 10.2 Å². The van der Waals surface area contributed by atoms with Gasteiger partial charge in [-0.3, -0.25) is 9.59 Å². The van der Waals surface area contributed by atoms with Crippen LogP contribution in [0.15, 0.2) is 41.6 Å². The van der Waals surface area contributed by atoms with E-state index in [4.69, 9.17) is 9.47 Å². The second kappa shape index (κ2) is 9.53. The topological polar surface area (TPSA) is 107 Å². The van der Waals surface area contributed by atoms with Gasteiger partial charge >= 0.3 is 0 Å². The van der Waals surface area contributed by atoms with Crippen molar-refractivity contribution in [2.45, 2.75) is 37.6 Å². The molecule has 0 saturated heterocycles. The lowest BCUT2D eigenvalue weighted by atomic mass is 10.1. The van der Waals surface area contributed by atoms with E-state index in [0.29, 0.717) is 28.2 Å². The van der Waals surface area contributed by atoms with Gasteiger partial charge in [0, 0.05) is 24.5 Å². The molecule has 4 rings (SSSR count). The molecule has 3 aromatic rings. The van der Waals surface area contributed by atoms with Crippen LogP contribution in [0.4, 0.5) is 11.4 Å². The van der Waals surface area contributed by atoms with Gasteiger partial charge in [-0.2, -0.15) is 0 Å². The highest BCUT2D eigenvalue weighted by Gasteiger charge is 2.21. The van der Waals surface area contributed by atoms with E-state index in [1.807, 2.05) is 32.0 Å². The Morgan fingerprint density at radius 3 is 2.55 bits per heavy atom. The van der Waals surface area contributed by atoms with Crippen molar-refractivity contribution in [3.8, 4) is 11.5 Å². The van der Waals surface area contributed by atoms with Crippen LogP contribution in [0.3, 0.4) is 0 Å². The summed E-state index contributed by atoms with van der Waals surface area (Å²) in [6.45, 7) is 5.99. The lowest BCUT2D eigenvalue weighted by Crippen LogP contribution is -2.23. The largest absolute Gasteiger partial charge is 0.454 e. The Labute approximate surface area is 195 Å². The number of nitrogens with zero attached hydrogens (tertiary/aromatic N) is 3. The van der Waals surface area contributed by atoms with Gasteiger partial charge in [0.2, 0.25) is 18.6 Å². The summed E-state index contributed by atoms with van der Waals surface area (Å²) in [4.78, 5) is 25.1. The molecule has 9 nitrogen and oxygen atoms in total. The maximum atomic E-state index is 12.6. The number of anilines is 2. The second-order valence-corrected chi connectivity index (χ2v) is 9.11. The smallest absolute Gasteiger partial charge is 0.237 e. The molecule has 2 amide bonds. The molecule has 1 aliphatic heterocycles. The van der Waals surface area contributed by atoms with Gasteiger partial charge in [0.05, 0.1) is 11.7 Å². The molecule has 0 spiro atoms. The Hall–Kier alpha value is -3.53. The van der Waals surface area contributed by atoms with Crippen LogP contribution in [0.5, 0.6) is 11.5 Å². The van der Waals surface area contributed by atoms with Crippen LogP contribution in [0, 0.1) is 13.8 Å². The molecule has 33 heavy (non-hydrogen) atoms. The van der Waals surface area contributed by atoms with Crippen LogP contribution in [0.2, 0.25) is 0 Å². The van der Waals surface area contributed by atoms with Crippen molar-refractivity contribution in [3.05, 3.63) is 53.3 Å². The molecule has 1 atom stereocenters. The van der Waals surface area contributed by atoms with Crippen molar-refractivity contribution in [2.75, 3.05) is 17.4 Å². The number of thioether (sulfide) groups is 1. The Bertz CT molecular complexity index is 1210. The van der Waals surface area contributed by atoms with E-state index < -0.39 is 5.25 Å².